The Morgan fingerprint density at radius 2 is 1.11 bits per heavy atom. The molecular weight excluding hydrogens is 1120 g/mol. The van der Waals surface area contributed by atoms with Gasteiger partial charge in [-0.1, -0.05) is 35.4 Å². The van der Waals surface area contributed by atoms with Crippen LogP contribution in [-0.4, -0.2) is 191 Å². The summed E-state index contributed by atoms with van der Waals surface area (Å²) in [6, 6.07) is 7.02. The molecule has 3 N–H and O–H groups in total. The van der Waals surface area contributed by atoms with Crippen molar-refractivity contribution in [3.05, 3.63) is 91.0 Å². The summed E-state index contributed by atoms with van der Waals surface area (Å²) >= 11 is 14.7. The molecule has 20 nitrogen and oxygen atoms in total. The number of aliphatic carboxylic acids is 1. The van der Waals surface area contributed by atoms with E-state index in [-0.39, 0.29) is 54.1 Å². The van der Waals surface area contributed by atoms with Gasteiger partial charge in [0.05, 0.1) is 98.7 Å². The number of benzene rings is 3. The number of nitrogens with zero attached hydrogens (tertiary/aromatic N) is 5. The van der Waals surface area contributed by atoms with E-state index in [0.29, 0.717) is 149 Å². The highest BCUT2D eigenvalue weighted by Crippen LogP contribution is 2.65. The molecule has 0 saturated carbocycles. The lowest BCUT2D eigenvalue weighted by molar-refractivity contribution is -0.138. The van der Waals surface area contributed by atoms with Gasteiger partial charge in [0, 0.05) is 96.3 Å². The second-order valence-corrected chi connectivity index (χ2v) is 26.2. The van der Waals surface area contributed by atoms with E-state index >= 15 is 4.79 Å². The van der Waals surface area contributed by atoms with Crippen LogP contribution < -0.4 is 14.5 Å². The van der Waals surface area contributed by atoms with Crippen molar-refractivity contribution in [2.24, 2.45) is 0 Å². The highest BCUT2D eigenvalue weighted by Gasteiger charge is 2.60. The molecule has 0 radical (unpaired) electrons. The van der Waals surface area contributed by atoms with Gasteiger partial charge in [0.15, 0.2) is 0 Å². The summed E-state index contributed by atoms with van der Waals surface area (Å²) < 4.78 is 102. The average molecular weight is 1190 g/mol. The van der Waals surface area contributed by atoms with Crippen LogP contribution in [0.2, 0.25) is 10.0 Å². The third kappa shape index (κ3) is 11.2. The molecule has 1 fully saturated rings. The molecule has 0 unspecified atom stereocenters. The smallest absolute Gasteiger partial charge is 0.305 e. The van der Waals surface area contributed by atoms with Gasteiger partial charge in [0.1, 0.15) is 28.5 Å². The standard InChI is InChI=1S/C56H69Cl2N5O15S2/c1-54(2)31-35(33-79(68,69)70)39-29-41-51(37-7-5-13-61(54)49(37)39)78-52-38-8-6-14-62-50(38)40(36(32-55(62,3)4)34-80(71,72)73)30-42(52)56(41)48-44(58)10-9-43(57)47(48)53(67)63(56)20-17-59-15-18-60(19-16-59)45(64)11-21-74-23-25-76-27-28-77-26-24-75-22-12-46(65)66/h9-10,29-32H,5-8,11-28,33-34H2,1-4H3,(H,65,66)(H,68,69,70)(H,71,72,73). The van der Waals surface area contributed by atoms with Crippen LogP contribution in [0.5, 0.6) is 11.5 Å². The number of halogens is 2. The number of amides is 2. The van der Waals surface area contributed by atoms with Crippen molar-refractivity contribution in [2.75, 3.05) is 127 Å². The Kier molecular flexibility index (Phi) is 16.6. The van der Waals surface area contributed by atoms with Gasteiger partial charge in [-0.15, -0.1) is 0 Å². The molecule has 7 aliphatic heterocycles. The maximum absolute atomic E-state index is 15.8. The molecule has 24 heteroatoms. The first-order valence-electron chi connectivity index (χ1n) is 27.2. The van der Waals surface area contributed by atoms with E-state index in [1.807, 2.05) is 52.0 Å². The van der Waals surface area contributed by atoms with Gasteiger partial charge >= 0.3 is 5.97 Å². The highest BCUT2D eigenvalue weighted by molar-refractivity contribution is 7.86. The zero-order chi connectivity index (χ0) is 57.1. The molecule has 1 saturated heterocycles. The minimum Gasteiger partial charge on any atom is -0.481 e. The molecule has 7 heterocycles. The second kappa shape index (κ2) is 22.7. The Labute approximate surface area is 477 Å². The van der Waals surface area contributed by atoms with E-state index in [9.17, 15) is 35.5 Å². The predicted octanol–water partition coefficient (Wildman–Crippen LogP) is 6.55. The fourth-order valence-electron chi connectivity index (χ4n) is 13.1. The number of carboxylic acid groups (broad SMARTS) is 1. The van der Waals surface area contributed by atoms with Gasteiger partial charge in [-0.2, -0.15) is 16.8 Å². The summed E-state index contributed by atoms with van der Waals surface area (Å²) in [6.45, 7) is 13.9. The first kappa shape index (κ1) is 58.4. The molecule has 434 valence electrons. The normalized spacial score (nSPS) is 19.4. The fourth-order valence-corrected chi connectivity index (χ4v) is 14.9. The summed E-state index contributed by atoms with van der Waals surface area (Å²) in [5.41, 5.74) is 3.63. The first-order valence-corrected chi connectivity index (χ1v) is 31.2. The average Bonchev–Trinajstić information content (AvgIpc) is 2.84. The summed E-state index contributed by atoms with van der Waals surface area (Å²) in [5.74, 6) is -1.75. The minimum absolute atomic E-state index is 0.0540. The number of rotatable bonds is 22. The van der Waals surface area contributed by atoms with E-state index in [1.54, 1.807) is 21.9 Å². The van der Waals surface area contributed by atoms with Crippen molar-refractivity contribution >= 4 is 83.7 Å². The van der Waals surface area contributed by atoms with Gasteiger partial charge in [-0.05, 0) is 88.8 Å². The molecule has 80 heavy (non-hydrogen) atoms. The van der Waals surface area contributed by atoms with Crippen molar-refractivity contribution < 1.29 is 69.1 Å². The van der Waals surface area contributed by atoms with Crippen LogP contribution in [0.4, 0.5) is 11.4 Å². The zero-order valence-electron chi connectivity index (χ0n) is 45.5. The summed E-state index contributed by atoms with van der Waals surface area (Å²) in [5, 5.41) is 9.06. The molecule has 0 bridgehead atoms. The number of carbonyl (C=O) groups excluding carboxylic acids is 2. The number of piperazine rings is 1. The van der Waals surface area contributed by atoms with Crippen LogP contribution in [0.15, 0.2) is 36.4 Å². The first-order chi connectivity index (χ1) is 37.9. The predicted molar refractivity (Wildman–Crippen MR) is 302 cm³/mol. The number of anilines is 2. The molecule has 3 aromatic rings. The fraction of sp³-hybridized carbons (Fsp3) is 0.554. The Morgan fingerprint density at radius 3 is 1.59 bits per heavy atom. The number of hydrogen-bond donors (Lipinski definition) is 3. The lowest BCUT2D eigenvalue weighted by Crippen LogP contribution is -2.54. The number of carbonyl (C=O) groups is 3. The molecule has 2 amide bonds. The molecular formula is C56H69Cl2N5O15S2. The third-order valence-electron chi connectivity index (χ3n) is 16.4. The second-order valence-electron chi connectivity index (χ2n) is 22.5. The van der Waals surface area contributed by atoms with Crippen LogP contribution in [0.1, 0.15) is 103 Å². The third-order valence-corrected chi connectivity index (χ3v) is 18.4. The number of ether oxygens (including phenoxy) is 5. The summed E-state index contributed by atoms with van der Waals surface area (Å²) in [4.78, 5) is 50.1. The van der Waals surface area contributed by atoms with E-state index < -0.39 is 60.2 Å². The summed E-state index contributed by atoms with van der Waals surface area (Å²) in [7, 11) is -9.14. The quantitative estimate of drug-likeness (QED) is 0.0713. The lowest BCUT2D eigenvalue weighted by Gasteiger charge is -2.52. The molecule has 3 aromatic carbocycles. The van der Waals surface area contributed by atoms with Crippen molar-refractivity contribution in [3.8, 4) is 11.5 Å². The number of carboxylic acids is 1. The van der Waals surface area contributed by atoms with E-state index in [0.717, 1.165) is 35.3 Å². The van der Waals surface area contributed by atoms with Gasteiger partial charge in [-0.3, -0.25) is 28.4 Å². The van der Waals surface area contributed by atoms with Gasteiger partial charge in [0.25, 0.3) is 26.1 Å². The maximum atomic E-state index is 15.8. The van der Waals surface area contributed by atoms with Crippen LogP contribution in [-0.2, 0) is 67.2 Å². The molecule has 10 rings (SSSR count). The van der Waals surface area contributed by atoms with Gasteiger partial charge < -0.3 is 48.4 Å². The Hall–Kier alpha value is -4.85. The zero-order valence-corrected chi connectivity index (χ0v) is 48.6. The van der Waals surface area contributed by atoms with E-state index in [1.165, 1.54) is 0 Å². The van der Waals surface area contributed by atoms with Crippen LogP contribution in [0.3, 0.4) is 0 Å². The van der Waals surface area contributed by atoms with Crippen molar-refractivity contribution in [3.63, 3.8) is 0 Å². The largest absolute Gasteiger partial charge is 0.481 e. The van der Waals surface area contributed by atoms with Crippen LogP contribution >= 0.6 is 23.2 Å². The number of fused-ring (bicyclic) bond motifs is 8. The minimum atomic E-state index is -4.57. The summed E-state index contributed by atoms with van der Waals surface area (Å²) in [6.07, 6.45) is 6.37. The Morgan fingerprint density at radius 1 is 0.650 bits per heavy atom. The molecule has 0 aliphatic carbocycles. The van der Waals surface area contributed by atoms with Crippen molar-refractivity contribution in [2.45, 2.75) is 82.8 Å². The van der Waals surface area contributed by atoms with Crippen LogP contribution in [0.25, 0.3) is 11.1 Å². The number of hydrogen-bond acceptors (Lipinski definition) is 15. The van der Waals surface area contributed by atoms with Gasteiger partial charge in [0.2, 0.25) is 5.91 Å². The Bertz CT molecular complexity index is 3150. The topological polar surface area (TPSA) is 243 Å². The molecule has 0 atom stereocenters. The SMILES string of the molecule is CC1(C)C=C(CS(=O)(=O)O)c2cc3c(c4c2N1CCC4)Oc1c(cc2c4c1CCCN4C(C)(C)C=C2CS(=O)(=O)O)C31c2c(Cl)ccc(Cl)c2C(=O)N1CCN1CCN(C(=O)CCOCCOCCOCCOCCC(=O)O)CC1. The van der Waals surface area contributed by atoms with E-state index in [2.05, 4.69) is 14.7 Å². The van der Waals surface area contributed by atoms with Crippen molar-refractivity contribution in [1.29, 1.82) is 0 Å². The lowest BCUT2D eigenvalue weighted by atomic mass is 9.69. The van der Waals surface area contributed by atoms with Crippen LogP contribution in [0, 0.1) is 0 Å². The monoisotopic (exact) mass is 1190 g/mol. The van der Waals surface area contributed by atoms with E-state index in [4.69, 9.17) is 52.0 Å². The van der Waals surface area contributed by atoms with Gasteiger partial charge in [-0.25, -0.2) is 0 Å². The molecule has 0 aromatic heterocycles. The Balaban J connectivity index is 0.975. The molecule has 7 aliphatic rings. The molecule has 1 spiro atoms. The maximum Gasteiger partial charge on any atom is 0.305 e. The highest BCUT2D eigenvalue weighted by atomic mass is 35.5. The van der Waals surface area contributed by atoms with Crippen molar-refractivity contribution in [1.82, 2.24) is 14.7 Å².